The van der Waals surface area contributed by atoms with Crippen LogP contribution in [0.15, 0.2) is 89.5 Å². The normalized spacial score (nSPS) is 14.7. The minimum Gasteiger partial charge on any atom is -0.460 e. The van der Waals surface area contributed by atoms with E-state index in [9.17, 15) is 19.2 Å². The molecule has 2 heterocycles. The van der Waals surface area contributed by atoms with Gasteiger partial charge >= 0.3 is 12.1 Å². The van der Waals surface area contributed by atoms with Gasteiger partial charge in [0.25, 0.3) is 5.82 Å². The Bertz CT molecular complexity index is 2150. The van der Waals surface area contributed by atoms with E-state index < -0.39 is 35.7 Å². The Balaban J connectivity index is 1.28. The van der Waals surface area contributed by atoms with Gasteiger partial charge in [-0.25, -0.2) is 9.59 Å². The Morgan fingerprint density at radius 3 is 2.04 bits per heavy atom. The van der Waals surface area contributed by atoms with Crippen LogP contribution in [0.5, 0.6) is 0 Å². The van der Waals surface area contributed by atoms with Crippen LogP contribution in [-0.4, -0.2) is 82.2 Å². The summed E-state index contributed by atoms with van der Waals surface area (Å²) in [6.45, 7) is 8.28. The lowest BCUT2D eigenvalue weighted by Gasteiger charge is -2.34. The van der Waals surface area contributed by atoms with Crippen LogP contribution in [-0.2, 0) is 31.9 Å². The molecule has 2 atom stereocenters. The third-order valence-corrected chi connectivity index (χ3v) is 9.79. The SMILES string of the molecule is CCCOC(=O)c1noc([C@@H](Cc2ccc3ccccc3c2)N(C)C(=O)[C@@H](Cc2ccc3ccccc3c2)NC(=O)C2CCN(C(=O)OC(C)(C)C)CC2)n1. The maximum absolute atomic E-state index is 14.8. The summed E-state index contributed by atoms with van der Waals surface area (Å²) >= 11 is 0. The summed E-state index contributed by atoms with van der Waals surface area (Å²) in [6.07, 6.45) is 1.60. The number of aromatic nitrogens is 2. The molecule has 55 heavy (non-hydrogen) atoms. The van der Waals surface area contributed by atoms with E-state index in [-0.39, 0.29) is 36.6 Å². The first-order chi connectivity index (χ1) is 26.4. The second-order valence-corrected chi connectivity index (χ2v) is 15.1. The van der Waals surface area contributed by atoms with Crippen molar-refractivity contribution in [2.45, 2.75) is 77.5 Å². The predicted octanol–water partition coefficient (Wildman–Crippen LogP) is 7.06. The third kappa shape index (κ3) is 9.86. The van der Waals surface area contributed by atoms with E-state index in [4.69, 9.17) is 14.0 Å². The molecule has 288 valence electrons. The van der Waals surface area contributed by atoms with E-state index in [1.807, 2.05) is 113 Å². The van der Waals surface area contributed by atoms with E-state index in [0.29, 0.717) is 38.8 Å². The average Bonchev–Trinajstić information content (AvgIpc) is 3.68. The van der Waals surface area contributed by atoms with Crippen molar-refractivity contribution in [1.29, 1.82) is 0 Å². The van der Waals surface area contributed by atoms with Crippen molar-refractivity contribution in [3.05, 3.63) is 108 Å². The maximum atomic E-state index is 14.8. The average molecular weight is 748 g/mol. The smallest absolute Gasteiger partial charge is 0.410 e. The molecule has 1 saturated heterocycles. The fraction of sp³-hybridized carbons (Fsp3) is 0.395. The number of piperidine rings is 1. The van der Waals surface area contributed by atoms with Gasteiger partial charge in [-0.3, -0.25) is 9.59 Å². The third-order valence-electron chi connectivity index (χ3n) is 9.79. The predicted molar refractivity (Wildman–Crippen MR) is 208 cm³/mol. The summed E-state index contributed by atoms with van der Waals surface area (Å²) in [6, 6.07) is 26.2. The van der Waals surface area contributed by atoms with Crippen LogP contribution >= 0.6 is 0 Å². The Morgan fingerprint density at radius 2 is 1.45 bits per heavy atom. The van der Waals surface area contributed by atoms with Crippen LogP contribution in [0, 0.1) is 5.92 Å². The Kier molecular flexibility index (Phi) is 12.1. The van der Waals surface area contributed by atoms with Crippen molar-refractivity contribution < 1.29 is 33.2 Å². The molecule has 0 aliphatic carbocycles. The number of hydrogen-bond donors (Lipinski definition) is 1. The molecule has 0 spiro atoms. The lowest BCUT2D eigenvalue weighted by atomic mass is 9.94. The molecule has 4 aromatic carbocycles. The van der Waals surface area contributed by atoms with Crippen molar-refractivity contribution in [1.82, 2.24) is 25.3 Å². The molecular weight excluding hydrogens is 699 g/mol. The lowest BCUT2D eigenvalue weighted by molar-refractivity contribution is -0.139. The molecule has 0 saturated carbocycles. The summed E-state index contributed by atoms with van der Waals surface area (Å²) in [5.41, 5.74) is 1.15. The summed E-state index contributed by atoms with van der Waals surface area (Å²) < 4.78 is 16.4. The molecule has 1 aromatic heterocycles. The van der Waals surface area contributed by atoms with Gasteiger partial charge in [-0.1, -0.05) is 91.9 Å². The van der Waals surface area contributed by atoms with Crippen LogP contribution < -0.4 is 5.32 Å². The minimum atomic E-state index is -0.960. The molecular formula is C43H49N5O7. The number of amides is 3. The first-order valence-corrected chi connectivity index (χ1v) is 18.9. The molecule has 0 unspecified atom stereocenters. The number of benzene rings is 4. The van der Waals surface area contributed by atoms with E-state index >= 15 is 0 Å². The van der Waals surface area contributed by atoms with E-state index in [1.54, 1.807) is 11.9 Å². The molecule has 1 aliphatic rings. The molecule has 1 fully saturated rings. The number of likely N-dealkylation sites (N-methyl/N-ethyl adjacent to an activating group) is 1. The van der Waals surface area contributed by atoms with Gasteiger partial charge in [0, 0.05) is 38.9 Å². The van der Waals surface area contributed by atoms with Gasteiger partial charge < -0.3 is 29.1 Å². The lowest BCUT2D eigenvalue weighted by Crippen LogP contribution is -2.52. The van der Waals surface area contributed by atoms with Gasteiger partial charge in [-0.2, -0.15) is 4.98 Å². The maximum Gasteiger partial charge on any atom is 0.410 e. The highest BCUT2D eigenvalue weighted by Gasteiger charge is 2.36. The molecule has 6 rings (SSSR count). The number of rotatable bonds is 12. The highest BCUT2D eigenvalue weighted by Crippen LogP contribution is 2.28. The van der Waals surface area contributed by atoms with Crippen LogP contribution in [0.1, 0.15) is 80.6 Å². The minimum absolute atomic E-state index is 0.0674. The van der Waals surface area contributed by atoms with Crippen LogP contribution in [0.4, 0.5) is 4.79 Å². The topological polar surface area (TPSA) is 144 Å². The number of nitrogens with zero attached hydrogens (tertiary/aromatic N) is 4. The van der Waals surface area contributed by atoms with Gasteiger partial charge in [0.1, 0.15) is 17.7 Å². The highest BCUT2D eigenvalue weighted by molar-refractivity contribution is 5.90. The van der Waals surface area contributed by atoms with Crippen molar-refractivity contribution in [3.8, 4) is 0 Å². The molecule has 0 radical (unpaired) electrons. The fourth-order valence-electron chi connectivity index (χ4n) is 6.83. The Labute approximate surface area is 321 Å². The largest absolute Gasteiger partial charge is 0.460 e. The Morgan fingerprint density at radius 1 is 0.873 bits per heavy atom. The highest BCUT2D eigenvalue weighted by atomic mass is 16.6. The van der Waals surface area contributed by atoms with Crippen molar-refractivity contribution in [3.63, 3.8) is 0 Å². The number of carbonyl (C=O) groups is 4. The molecule has 1 aliphatic heterocycles. The van der Waals surface area contributed by atoms with Gasteiger partial charge in [-0.15, -0.1) is 0 Å². The van der Waals surface area contributed by atoms with Gasteiger partial charge in [0.05, 0.1) is 6.61 Å². The van der Waals surface area contributed by atoms with Gasteiger partial charge in [0.15, 0.2) is 0 Å². The summed E-state index contributed by atoms with van der Waals surface area (Å²) in [5, 5.41) is 11.2. The number of hydrogen-bond acceptors (Lipinski definition) is 9. The second-order valence-electron chi connectivity index (χ2n) is 15.1. The van der Waals surface area contributed by atoms with Crippen LogP contribution in [0.25, 0.3) is 21.5 Å². The van der Waals surface area contributed by atoms with E-state index in [0.717, 1.165) is 32.7 Å². The number of nitrogens with one attached hydrogen (secondary N) is 1. The summed E-state index contributed by atoms with van der Waals surface area (Å²) in [7, 11) is 1.65. The molecule has 1 N–H and O–H groups in total. The zero-order chi connectivity index (χ0) is 39.1. The van der Waals surface area contributed by atoms with Crippen LogP contribution in [0.2, 0.25) is 0 Å². The monoisotopic (exact) mass is 747 g/mol. The van der Waals surface area contributed by atoms with Crippen LogP contribution in [0.3, 0.4) is 0 Å². The first kappa shape index (κ1) is 38.9. The molecule has 12 nitrogen and oxygen atoms in total. The zero-order valence-electron chi connectivity index (χ0n) is 32.1. The van der Waals surface area contributed by atoms with Gasteiger partial charge in [0.2, 0.25) is 17.7 Å². The first-order valence-electron chi connectivity index (χ1n) is 18.9. The summed E-state index contributed by atoms with van der Waals surface area (Å²) in [5.74, 6) is -1.91. The van der Waals surface area contributed by atoms with E-state index in [2.05, 4.69) is 15.5 Å². The molecule has 12 heteroatoms. The number of ether oxygens (including phenoxy) is 2. The Hall–Kier alpha value is -5.78. The molecule has 0 bridgehead atoms. The zero-order valence-corrected chi connectivity index (χ0v) is 32.1. The quantitative estimate of drug-likeness (QED) is 0.133. The number of likely N-dealkylation sites (tertiary alicyclic amines) is 1. The fourth-order valence-corrected chi connectivity index (χ4v) is 6.83. The standard InChI is InChI=1S/C43H49N5O7/c1-6-23-53-41(51)37-45-39(55-46-37)36(27-29-16-18-31-12-8-10-14-34(31)25-29)47(5)40(50)35(26-28-15-17-30-11-7-9-13-33(30)24-28)44-38(49)32-19-21-48(22-20-32)42(52)54-43(2,3)4/h7-18,24-25,32,35-36H,6,19-23,26-27H2,1-5H3,(H,44,49)/t35-,36-/m1/s1. The number of esters is 1. The number of carbonyl (C=O) groups excluding carboxylic acids is 4. The second kappa shape index (κ2) is 17.1. The van der Waals surface area contributed by atoms with Crippen molar-refractivity contribution >= 4 is 45.4 Å². The summed E-state index contributed by atoms with van der Waals surface area (Å²) in [4.78, 5) is 61.6. The van der Waals surface area contributed by atoms with Crippen molar-refractivity contribution in [2.24, 2.45) is 5.92 Å². The molecule has 3 amide bonds. The van der Waals surface area contributed by atoms with Crippen molar-refractivity contribution in [2.75, 3.05) is 26.7 Å². The van der Waals surface area contributed by atoms with E-state index in [1.165, 1.54) is 4.90 Å². The number of fused-ring (bicyclic) bond motifs is 2. The molecule has 5 aromatic rings. The van der Waals surface area contributed by atoms with Gasteiger partial charge in [-0.05, 0) is 77.9 Å².